The van der Waals surface area contributed by atoms with Gasteiger partial charge in [-0.3, -0.25) is 9.59 Å². The van der Waals surface area contributed by atoms with Gasteiger partial charge in [-0.25, -0.2) is 0 Å². The Kier molecular flexibility index (Phi) is 5.56. The van der Waals surface area contributed by atoms with E-state index in [-0.39, 0.29) is 16.8 Å². The van der Waals surface area contributed by atoms with E-state index in [2.05, 4.69) is 45.2 Å². The third kappa shape index (κ3) is 3.78. The van der Waals surface area contributed by atoms with Gasteiger partial charge in [-0.05, 0) is 32.3 Å². The van der Waals surface area contributed by atoms with Crippen molar-refractivity contribution in [1.82, 2.24) is 4.98 Å². The SMILES string of the molecule is CC(=O)c1c(SCc2ccc(C)cc2)[nH]c2c(c1=O)=C(Cl)CCC=2Br. The van der Waals surface area contributed by atoms with Crippen molar-refractivity contribution >= 4 is 54.6 Å². The van der Waals surface area contributed by atoms with E-state index in [0.29, 0.717) is 32.8 Å². The van der Waals surface area contributed by atoms with E-state index >= 15 is 0 Å². The molecule has 3 rings (SSSR count). The van der Waals surface area contributed by atoms with Crippen LogP contribution in [0.5, 0.6) is 0 Å². The van der Waals surface area contributed by atoms with Gasteiger partial charge in [0.25, 0.3) is 0 Å². The van der Waals surface area contributed by atoms with Gasteiger partial charge in [0.05, 0.1) is 21.2 Å². The maximum atomic E-state index is 12.9. The van der Waals surface area contributed by atoms with Crippen molar-refractivity contribution in [3.63, 3.8) is 0 Å². The van der Waals surface area contributed by atoms with Crippen LogP contribution in [0.1, 0.15) is 41.3 Å². The number of H-pyrrole nitrogens is 1. The molecular formula is C19H17BrClNO2S. The van der Waals surface area contributed by atoms with Crippen molar-refractivity contribution in [2.75, 3.05) is 0 Å². The monoisotopic (exact) mass is 437 g/mol. The first-order valence-electron chi connectivity index (χ1n) is 7.91. The summed E-state index contributed by atoms with van der Waals surface area (Å²) in [7, 11) is 0. The Labute approximate surface area is 163 Å². The number of nitrogens with one attached hydrogen (secondary N) is 1. The Bertz CT molecular complexity index is 1030. The van der Waals surface area contributed by atoms with Gasteiger partial charge in [-0.1, -0.05) is 57.4 Å². The zero-order valence-electron chi connectivity index (χ0n) is 13.9. The summed E-state index contributed by atoms with van der Waals surface area (Å²) in [5.41, 5.74) is 2.24. The number of hydrogen-bond acceptors (Lipinski definition) is 3. The molecule has 0 unspecified atom stereocenters. The number of aromatic nitrogens is 1. The lowest BCUT2D eigenvalue weighted by Crippen LogP contribution is -2.47. The second kappa shape index (κ2) is 7.52. The fourth-order valence-electron chi connectivity index (χ4n) is 2.78. The minimum Gasteiger partial charge on any atom is -0.348 e. The van der Waals surface area contributed by atoms with Crippen LogP contribution in [0.25, 0.3) is 9.51 Å². The molecular weight excluding hydrogens is 422 g/mol. The molecule has 0 spiro atoms. The summed E-state index contributed by atoms with van der Waals surface area (Å²) in [6.45, 7) is 3.46. The highest BCUT2D eigenvalue weighted by molar-refractivity contribution is 9.14. The number of thioether (sulfide) groups is 1. The first kappa shape index (κ1) is 18.5. The molecule has 0 bridgehead atoms. The smallest absolute Gasteiger partial charge is 0.202 e. The van der Waals surface area contributed by atoms with Crippen LogP contribution in [0.2, 0.25) is 0 Å². The first-order valence-corrected chi connectivity index (χ1v) is 10.1. The van der Waals surface area contributed by atoms with E-state index in [1.807, 2.05) is 6.92 Å². The third-order valence-electron chi connectivity index (χ3n) is 4.13. The summed E-state index contributed by atoms with van der Waals surface area (Å²) in [4.78, 5) is 28.3. The number of halogens is 2. The number of pyridine rings is 1. The normalized spacial score (nSPS) is 13.8. The Morgan fingerprint density at radius 1 is 1.28 bits per heavy atom. The van der Waals surface area contributed by atoms with Gasteiger partial charge in [0.15, 0.2) is 5.78 Å². The number of carbonyl (C=O) groups is 1. The molecule has 3 nitrogen and oxygen atoms in total. The number of benzene rings is 1. The largest absolute Gasteiger partial charge is 0.348 e. The maximum Gasteiger partial charge on any atom is 0.202 e. The third-order valence-corrected chi connectivity index (χ3v) is 6.38. The van der Waals surface area contributed by atoms with Crippen LogP contribution in [0.3, 0.4) is 0 Å². The van der Waals surface area contributed by atoms with Crippen molar-refractivity contribution < 1.29 is 4.79 Å². The van der Waals surface area contributed by atoms with Crippen LogP contribution >= 0.6 is 39.3 Å². The van der Waals surface area contributed by atoms with Gasteiger partial charge in [0.2, 0.25) is 5.43 Å². The number of hydrogen-bond donors (Lipinski definition) is 1. The predicted octanol–water partition coefficient (Wildman–Crippen LogP) is 3.82. The quantitative estimate of drug-likeness (QED) is 0.583. The minimum absolute atomic E-state index is 0.191. The molecule has 0 saturated carbocycles. The van der Waals surface area contributed by atoms with E-state index in [9.17, 15) is 9.59 Å². The van der Waals surface area contributed by atoms with Gasteiger partial charge in [-0.15, -0.1) is 11.8 Å². The Morgan fingerprint density at radius 2 is 1.96 bits per heavy atom. The molecule has 0 radical (unpaired) electrons. The van der Waals surface area contributed by atoms with Crippen LogP contribution in [0.15, 0.2) is 34.1 Å². The lowest BCUT2D eigenvalue weighted by molar-refractivity contribution is 0.101. The van der Waals surface area contributed by atoms with Crippen molar-refractivity contribution in [2.45, 2.75) is 37.5 Å². The second-order valence-electron chi connectivity index (χ2n) is 6.05. The molecule has 1 aliphatic carbocycles. The van der Waals surface area contributed by atoms with Crippen LogP contribution in [0, 0.1) is 6.92 Å². The molecule has 0 aliphatic heterocycles. The van der Waals surface area contributed by atoms with Crippen LogP contribution in [0.4, 0.5) is 0 Å². The van der Waals surface area contributed by atoms with Crippen molar-refractivity contribution in [2.24, 2.45) is 0 Å². The fraction of sp³-hybridized carbons (Fsp3) is 0.263. The van der Waals surface area contributed by atoms with Gasteiger partial charge >= 0.3 is 0 Å². The predicted molar refractivity (Wildman–Crippen MR) is 108 cm³/mol. The molecule has 6 heteroatoms. The summed E-state index contributed by atoms with van der Waals surface area (Å²) in [6.07, 6.45) is 1.34. The van der Waals surface area contributed by atoms with E-state index < -0.39 is 0 Å². The molecule has 2 aromatic rings. The molecule has 0 saturated heterocycles. The topological polar surface area (TPSA) is 49.9 Å². The number of rotatable bonds is 4. The average molecular weight is 439 g/mol. The summed E-state index contributed by atoms with van der Waals surface area (Å²) >= 11 is 11.3. The lowest BCUT2D eigenvalue weighted by Gasteiger charge is -2.13. The number of aromatic amines is 1. The van der Waals surface area contributed by atoms with Crippen molar-refractivity contribution in [3.8, 4) is 0 Å². The van der Waals surface area contributed by atoms with Crippen LogP contribution < -0.4 is 16.0 Å². The number of carbonyl (C=O) groups excluding carboxylic acids is 1. The molecule has 1 aromatic heterocycles. The zero-order chi connectivity index (χ0) is 18.1. The summed E-state index contributed by atoms with van der Waals surface area (Å²) in [5, 5.41) is 2.22. The number of Topliss-reactive ketones (excluding diaryl/α,β-unsaturated/α-hetero) is 1. The van der Waals surface area contributed by atoms with E-state index in [4.69, 9.17) is 11.6 Å². The Hall–Kier alpha value is -1.30. The van der Waals surface area contributed by atoms with E-state index in [1.54, 1.807) is 0 Å². The molecule has 1 aliphatic rings. The van der Waals surface area contributed by atoms with Crippen LogP contribution in [-0.2, 0) is 5.75 Å². The maximum absolute atomic E-state index is 12.9. The number of ketones is 1. The van der Waals surface area contributed by atoms with Crippen LogP contribution in [-0.4, -0.2) is 10.8 Å². The molecule has 130 valence electrons. The van der Waals surface area contributed by atoms with E-state index in [1.165, 1.54) is 24.2 Å². The summed E-state index contributed by atoms with van der Waals surface area (Å²) < 4.78 is 0.913. The molecule has 1 N–H and O–H groups in total. The molecule has 0 fully saturated rings. The zero-order valence-corrected chi connectivity index (χ0v) is 17.1. The number of aryl methyl sites for hydroxylation is 1. The summed E-state index contributed by atoms with van der Waals surface area (Å²) in [6, 6.07) is 8.21. The Balaban J connectivity index is 2.12. The van der Waals surface area contributed by atoms with Gasteiger partial charge in [0, 0.05) is 15.3 Å². The highest BCUT2D eigenvalue weighted by atomic mass is 79.9. The average Bonchev–Trinajstić information content (AvgIpc) is 2.57. The highest BCUT2D eigenvalue weighted by Gasteiger charge is 2.19. The van der Waals surface area contributed by atoms with Gasteiger partial charge < -0.3 is 4.98 Å². The second-order valence-corrected chi connectivity index (χ2v) is 8.45. The minimum atomic E-state index is -0.283. The van der Waals surface area contributed by atoms with E-state index in [0.717, 1.165) is 16.5 Å². The molecule has 25 heavy (non-hydrogen) atoms. The Morgan fingerprint density at radius 3 is 2.60 bits per heavy atom. The van der Waals surface area contributed by atoms with Crippen molar-refractivity contribution in [3.05, 3.63) is 61.7 Å². The molecule has 1 heterocycles. The summed E-state index contributed by atoms with van der Waals surface area (Å²) in [5.74, 6) is 0.422. The highest BCUT2D eigenvalue weighted by Crippen LogP contribution is 2.25. The lowest BCUT2D eigenvalue weighted by atomic mass is 10.1. The van der Waals surface area contributed by atoms with Gasteiger partial charge in [-0.2, -0.15) is 0 Å². The van der Waals surface area contributed by atoms with Crippen molar-refractivity contribution in [1.29, 1.82) is 0 Å². The molecule has 1 aromatic carbocycles. The first-order chi connectivity index (χ1) is 11.9. The molecule has 0 atom stereocenters. The standard InChI is InChI=1S/C19H17BrClNO2S/c1-10-3-5-12(6-4-10)9-25-19-15(11(2)23)18(24)16-14(21)8-7-13(20)17(16)22-19/h3-6,22H,7-9H2,1-2H3. The molecule has 0 amide bonds. The van der Waals surface area contributed by atoms with Gasteiger partial charge in [0.1, 0.15) is 0 Å². The fourth-order valence-corrected chi connectivity index (χ4v) is 4.61. The number of fused-ring (bicyclic) bond motifs is 1.